The zero-order valence-electron chi connectivity index (χ0n) is 21.9. The number of halogens is 3. The summed E-state index contributed by atoms with van der Waals surface area (Å²) in [6.07, 6.45) is -0.319. The molecule has 2 unspecified atom stereocenters. The number of carbonyl (C=O) groups excluding carboxylic acids is 1. The molecule has 2 aromatic carbocycles. The van der Waals surface area contributed by atoms with Crippen LogP contribution in [0.25, 0.3) is 15.9 Å². The molecule has 3 fully saturated rings. The van der Waals surface area contributed by atoms with Crippen molar-refractivity contribution in [3.05, 3.63) is 59.2 Å². The Kier molecular flexibility index (Phi) is 7.14. The Morgan fingerprint density at radius 1 is 1.07 bits per heavy atom. The first-order chi connectivity index (χ1) is 19.6. The van der Waals surface area contributed by atoms with Gasteiger partial charge in [0.15, 0.2) is 10.9 Å². The van der Waals surface area contributed by atoms with Crippen LogP contribution in [-0.2, 0) is 9.53 Å². The van der Waals surface area contributed by atoms with Crippen molar-refractivity contribution < 1.29 is 37.3 Å². The fourth-order valence-electron chi connectivity index (χ4n) is 5.87. The molecule has 1 aliphatic carbocycles. The van der Waals surface area contributed by atoms with Crippen LogP contribution < -0.4 is 15.4 Å². The number of hydrogen-bond donors (Lipinski definition) is 2. The van der Waals surface area contributed by atoms with Gasteiger partial charge in [-0.25, -0.2) is 9.78 Å². The Hall–Kier alpha value is -3.64. The third-order valence-corrected chi connectivity index (χ3v) is 9.00. The number of ketones is 1. The van der Waals surface area contributed by atoms with Gasteiger partial charge in [-0.2, -0.15) is 0 Å². The number of hydrogen-bond acceptors (Lipinski definition) is 8. The first-order valence-corrected chi connectivity index (χ1v) is 14.3. The van der Waals surface area contributed by atoms with Crippen molar-refractivity contribution in [2.24, 2.45) is 11.7 Å². The summed E-state index contributed by atoms with van der Waals surface area (Å²) in [5, 5.41) is 10.2. The van der Waals surface area contributed by atoms with Crippen molar-refractivity contribution in [3.8, 4) is 5.75 Å². The highest BCUT2D eigenvalue weighted by Gasteiger charge is 2.43. The lowest BCUT2D eigenvalue weighted by atomic mass is 9.98. The van der Waals surface area contributed by atoms with E-state index in [1.165, 1.54) is 29.5 Å². The Labute approximate surface area is 237 Å². The van der Waals surface area contributed by atoms with Crippen molar-refractivity contribution in [1.29, 1.82) is 0 Å². The highest BCUT2D eigenvalue weighted by Crippen LogP contribution is 2.43. The number of carboxylic acids is 1. The number of para-hydroxylation sites is 1. The molecule has 1 aromatic heterocycles. The van der Waals surface area contributed by atoms with E-state index in [2.05, 4.69) is 9.64 Å². The molecule has 2 aliphatic heterocycles. The highest BCUT2D eigenvalue weighted by atomic mass is 32.1. The number of nitrogens with two attached hydrogens (primary N) is 1. The maximum absolute atomic E-state index is 13.2. The molecule has 41 heavy (non-hydrogen) atoms. The molecule has 0 amide bonds. The van der Waals surface area contributed by atoms with Crippen molar-refractivity contribution in [2.75, 3.05) is 11.5 Å². The van der Waals surface area contributed by atoms with Crippen LogP contribution in [0.1, 0.15) is 54.4 Å². The van der Waals surface area contributed by atoms with Gasteiger partial charge in [0.25, 0.3) is 0 Å². The number of rotatable bonds is 9. The Morgan fingerprint density at radius 3 is 2.44 bits per heavy atom. The number of alkyl halides is 3. The number of Topliss-reactive ketones (excluding diaryl/α,β-unsaturated/α-hetero) is 1. The average Bonchev–Trinajstić information content (AvgIpc) is 3.63. The van der Waals surface area contributed by atoms with Gasteiger partial charge in [0.1, 0.15) is 5.75 Å². The molecule has 8 nitrogen and oxygen atoms in total. The van der Waals surface area contributed by atoms with E-state index in [4.69, 9.17) is 15.5 Å². The van der Waals surface area contributed by atoms with E-state index >= 15 is 0 Å². The van der Waals surface area contributed by atoms with E-state index in [0.717, 1.165) is 41.0 Å². The van der Waals surface area contributed by atoms with Gasteiger partial charge >= 0.3 is 12.3 Å². The fraction of sp³-hybridized carbons (Fsp3) is 0.414. The van der Waals surface area contributed by atoms with Gasteiger partial charge < -0.3 is 25.2 Å². The normalized spacial score (nSPS) is 23.0. The van der Waals surface area contributed by atoms with E-state index in [-0.39, 0.29) is 58.9 Å². The standard InChI is InChI=1S/C29H28F3N3O5S/c30-29(31,32)40-23-4-2-1-3-20(23)25(33)21(26(36)15-5-6-15)14-39-19-12-17-8-9-18(13-19)35(17)28-34-22-10-7-16(27(37)38)11-24(22)41-28/h1-4,7,10-11,15,17-19H,5-6,8-9,12-14,33H2,(H,37,38). The Balaban J connectivity index is 1.19. The SMILES string of the molecule is NC(=C(COC1CC2CCC(C1)N2c1nc2ccc(C(=O)O)cc2s1)C(=O)C1CC1)c1ccccc1OC(F)(F)F. The summed E-state index contributed by atoms with van der Waals surface area (Å²) in [5.41, 5.74) is 7.46. The number of thiazole rings is 1. The number of aromatic carboxylic acids is 1. The van der Waals surface area contributed by atoms with Gasteiger partial charge in [-0.3, -0.25) is 4.79 Å². The monoisotopic (exact) mass is 587 g/mol. The number of carbonyl (C=O) groups is 2. The summed E-state index contributed by atoms with van der Waals surface area (Å²) >= 11 is 1.47. The largest absolute Gasteiger partial charge is 0.573 e. The Bertz CT molecular complexity index is 1520. The molecule has 0 spiro atoms. The van der Waals surface area contributed by atoms with E-state index in [1.54, 1.807) is 24.3 Å². The van der Waals surface area contributed by atoms with Crippen molar-refractivity contribution in [1.82, 2.24) is 4.98 Å². The molecule has 3 heterocycles. The second-order valence-corrected chi connectivity index (χ2v) is 11.8. The van der Waals surface area contributed by atoms with E-state index in [0.29, 0.717) is 12.8 Å². The van der Waals surface area contributed by atoms with E-state index in [9.17, 15) is 27.9 Å². The maximum Gasteiger partial charge on any atom is 0.573 e. The van der Waals surface area contributed by atoms with Crippen LogP contribution in [0.2, 0.25) is 0 Å². The quantitative estimate of drug-likeness (QED) is 0.304. The summed E-state index contributed by atoms with van der Waals surface area (Å²) in [5.74, 6) is -1.83. The predicted molar refractivity (Wildman–Crippen MR) is 147 cm³/mol. The zero-order valence-corrected chi connectivity index (χ0v) is 22.7. The number of carboxylic acid groups (broad SMARTS) is 1. The molecular weight excluding hydrogens is 559 g/mol. The predicted octanol–water partition coefficient (Wildman–Crippen LogP) is 5.76. The molecule has 3 aliphatic rings. The molecular formula is C29H28F3N3O5S. The molecule has 12 heteroatoms. The molecule has 1 saturated carbocycles. The first-order valence-electron chi connectivity index (χ1n) is 13.5. The van der Waals surface area contributed by atoms with Gasteiger partial charge in [0, 0.05) is 29.1 Å². The highest BCUT2D eigenvalue weighted by molar-refractivity contribution is 7.22. The molecule has 6 rings (SSSR count). The van der Waals surface area contributed by atoms with Gasteiger partial charge in [0.05, 0.1) is 34.2 Å². The smallest absolute Gasteiger partial charge is 0.478 e. The molecule has 2 saturated heterocycles. The lowest BCUT2D eigenvalue weighted by Crippen LogP contribution is -2.45. The molecule has 216 valence electrons. The van der Waals surface area contributed by atoms with Crippen molar-refractivity contribution >= 4 is 44.1 Å². The minimum absolute atomic E-state index is 0.00852. The number of fused-ring (bicyclic) bond motifs is 3. The number of nitrogens with zero attached hydrogens (tertiary/aromatic N) is 2. The maximum atomic E-state index is 13.2. The van der Waals surface area contributed by atoms with Crippen LogP contribution in [0, 0.1) is 5.92 Å². The third kappa shape index (κ3) is 5.76. The molecule has 3 aromatic rings. The van der Waals surface area contributed by atoms with Crippen molar-refractivity contribution in [2.45, 2.75) is 63.1 Å². The molecule has 3 N–H and O–H groups in total. The number of benzene rings is 2. The van der Waals surface area contributed by atoms with Crippen LogP contribution in [0.3, 0.4) is 0 Å². The minimum Gasteiger partial charge on any atom is -0.478 e. The lowest BCUT2D eigenvalue weighted by Gasteiger charge is -2.38. The second-order valence-electron chi connectivity index (χ2n) is 10.8. The number of anilines is 1. The van der Waals surface area contributed by atoms with Crippen LogP contribution >= 0.6 is 11.3 Å². The number of ether oxygens (including phenoxy) is 2. The summed E-state index contributed by atoms with van der Waals surface area (Å²) in [6.45, 7) is -0.0925. The van der Waals surface area contributed by atoms with Crippen LogP contribution in [0.4, 0.5) is 18.3 Å². The summed E-state index contributed by atoms with van der Waals surface area (Å²) in [4.78, 5) is 31.6. The summed E-state index contributed by atoms with van der Waals surface area (Å²) < 4.78 is 50.3. The lowest BCUT2D eigenvalue weighted by molar-refractivity contribution is -0.274. The van der Waals surface area contributed by atoms with E-state index in [1.807, 2.05) is 0 Å². The number of aromatic nitrogens is 1. The minimum atomic E-state index is -4.90. The van der Waals surface area contributed by atoms with Gasteiger partial charge in [-0.1, -0.05) is 23.5 Å². The zero-order chi connectivity index (χ0) is 28.9. The first kappa shape index (κ1) is 27.5. The van der Waals surface area contributed by atoms with Crippen LogP contribution in [0.5, 0.6) is 5.75 Å². The fourth-order valence-corrected chi connectivity index (χ4v) is 7.02. The topological polar surface area (TPSA) is 115 Å². The molecule has 0 radical (unpaired) electrons. The summed E-state index contributed by atoms with van der Waals surface area (Å²) in [7, 11) is 0. The van der Waals surface area contributed by atoms with Crippen LogP contribution in [0.15, 0.2) is 48.0 Å². The van der Waals surface area contributed by atoms with Gasteiger partial charge in [0.2, 0.25) is 0 Å². The number of piperidine rings is 1. The molecule has 2 bridgehead atoms. The Morgan fingerprint density at radius 2 is 1.78 bits per heavy atom. The second kappa shape index (κ2) is 10.6. The van der Waals surface area contributed by atoms with Crippen LogP contribution in [-0.4, -0.2) is 53.0 Å². The molecule has 2 atom stereocenters. The summed E-state index contributed by atoms with van der Waals surface area (Å²) in [6, 6.07) is 10.8. The average molecular weight is 588 g/mol. The third-order valence-electron chi connectivity index (χ3n) is 7.97. The van der Waals surface area contributed by atoms with Crippen molar-refractivity contribution in [3.63, 3.8) is 0 Å². The van der Waals surface area contributed by atoms with Gasteiger partial charge in [-0.05, 0) is 68.9 Å². The van der Waals surface area contributed by atoms with Gasteiger partial charge in [-0.15, -0.1) is 13.2 Å². The van der Waals surface area contributed by atoms with E-state index < -0.39 is 18.1 Å².